The number of carbonyl (C=O) groups is 2. The van der Waals surface area contributed by atoms with Crippen LogP contribution < -0.4 is 0 Å². The number of thiophene rings is 1. The third-order valence-electron chi connectivity index (χ3n) is 2.70. The van der Waals surface area contributed by atoms with E-state index in [2.05, 4.69) is 17.7 Å². The lowest BCUT2D eigenvalue weighted by Gasteiger charge is -2.09. The van der Waals surface area contributed by atoms with E-state index in [4.69, 9.17) is 4.74 Å². The summed E-state index contributed by atoms with van der Waals surface area (Å²) in [6, 6.07) is 4.03. The van der Waals surface area contributed by atoms with Gasteiger partial charge in [-0.3, -0.25) is 9.59 Å². The van der Waals surface area contributed by atoms with Gasteiger partial charge in [0, 0.05) is 16.7 Å². The first-order valence-electron chi connectivity index (χ1n) is 6.43. The van der Waals surface area contributed by atoms with E-state index < -0.39 is 5.97 Å². The van der Waals surface area contributed by atoms with Crippen molar-refractivity contribution in [3.05, 3.63) is 21.9 Å². The van der Waals surface area contributed by atoms with E-state index in [1.54, 1.807) is 18.3 Å². The molecule has 1 heterocycles. The van der Waals surface area contributed by atoms with E-state index >= 15 is 0 Å². The Morgan fingerprint density at radius 2 is 2.05 bits per heavy atom. The quantitative estimate of drug-likeness (QED) is 0.569. The fraction of sp³-hybridized carbons (Fsp3) is 0.571. The second kappa shape index (κ2) is 7.94. The van der Waals surface area contributed by atoms with Crippen LogP contribution in [0.25, 0.3) is 0 Å². The Kier molecular flexibility index (Phi) is 6.56. The van der Waals surface area contributed by atoms with Crippen molar-refractivity contribution in [2.24, 2.45) is 0 Å². The number of unbranched alkanes of at least 4 members (excludes halogenated alkanes) is 1. The van der Waals surface area contributed by atoms with E-state index in [1.807, 2.05) is 6.07 Å². The van der Waals surface area contributed by atoms with Crippen molar-refractivity contribution in [3.8, 4) is 0 Å². The number of rotatable bonds is 7. The first-order chi connectivity index (χ1) is 9.04. The lowest BCUT2D eigenvalue weighted by atomic mass is 10.1. The smallest absolute Gasteiger partial charge is 0.316 e. The van der Waals surface area contributed by atoms with Crippen molar-refractivity contribution in [2.75, 3.05) is 6.79 Å². The van der Waals surface area contributed by atoms with Crippen LogP contribution in [0.5, 0.6) is 0 Å². The fourth-order valence-electron chi connectivity index (χ4n) is 1.52. The molecular formula is C14H20O4S. The molecule has 0 fully saturated rings. The Bertz CT molecular complexity index is 425. The van der Waals surface area contributed by atoms with Crippen molar-refractivity contribution in [2.45, 2.75) is 46.0 Å². The molecule has 1 aromatic rings. The van der Waals surface area contributed by atoms with E-state index in [0.29, 0.717) is 0 Å². The predicted octanol–water partition coefficient (Wildman–Crippen LogP) is 3.26. The van der Waals surface area contributed by atoms with Crippen LogP contribution >= 0.6 is 11.3 Å². The predicted molar refractivity (Wildman–Crippen MR) is 74.1 cm³/mol. The topological polar surface area (TPSA) is 52.6 Å². The van der Waals surface area contributed by atoms with Gasteiger partial charge in [0.15, 0.2) is 0 Å². The average molecular weight is 284 g/mol. The number of aryl methyl sites for hydroxylation is 1. The molecule has 1 aromatic heterocycles. The molecule has 5 heteroatoms. The Labute approximate surface area is 117 Å². The van der Waals surface area contributed by atoms with Crippen LogP contribution in [0.3, 0.4) is 0 Å². The molecule has 0 N–H and O–H groups in total. The molecule has 0 spiro atoms. The van der Waals surface area contributed by atoms with E-state index in [9.17, 15) is 9.59 Å². The maximum atomic E-state index is 11.7. The van der Waals surface area contributed by atoms with Crippen LogP contribution in [0.4, 0.5) is 0 Å². The summed E-state index contributed by atoms with van der Waals surface area (Å²) in [6.45, 7) is 4.91. The fourth-order valence-corrected chi connectivity index (χ4v) is 2.62. The first-order valence-corrected chi connectivity index (χ1v) is 7.24. The summed E-state index contributed by atoms with van der Waals surface area (Å²) in [7, 11) is 0. The van der Waals surface area contributed by atoms with Gasteiger partial charge in [-0.2, -0.15) is 0 Å². The van der Waals surface area contributed by atoms with Crippen molar-refractivity contribution < 1.29 is 19.1 Å². The highest BCUT2D eigenvalue weighted by molar-refractivity contribution is 7.12. The molecule has 1 atom stereocenters. The molecule has 0 aliphatic carbocycles. The zero-order chi connectivity index (χ0) is 14.3. The monoisotopic (exact) mass is 284 g/mol. The van der Waals surface area contributed by atoms with Crippen LogP contribution in [0.2, 0.25) is 0 Å². The molecular weight excluding hydrogens is 264 g/mol. The van der Waals surface area contributed by atoms with Crippen LogP contribution in [0.15, 0.2) is 12.1 Å². The Balaban J connectivity index is 2.47. The molecule has 0 aliphatic rings. The van der Waals surface area contributed by atoms with E-state index in [-0.39, 0.29) is 18.7 Å². The standard InChI is InChI=1S/C14H20O4S/c1-4-5-6-12-7-8-13(19-12)10(2)14(16)18-9-17-11(3)15/h7-8,10H,4-6,9H2,1-3H3. The van der Waals surface area contributed by atoms with E-state index in [1.165, 1.54) is 11.8 Å². The van der Waals surface area contributed by atoms with Crippen molar-refractivity contribution >= 4 is 23.3 Å². The average Bonchev–Trinajstić information content (AvgIpc) is 2.83. The van der Waals surface area contributed by atoms with Gasteiger partial charge < -0.3 is 9.47 Å². The zero-order valence-corrected chi connectivity index (χ0v) is 12.4. The zero-order valence-electron chi connectivity index (χ0n) is 11.6. The van der Waals surface area contributed by atoms with Gasteiger partial charge in [-0.15, -0.1) is 11.3 Å². The molecule has 1 rings (SSSR count). The van der Waals surface area contributed by atoms with Gasteiger partial charge in [-0.1, -0.05) is 13.3 Å². The largest absolute Gasteiger partial charge is 0.428 e. The maximum absolute atomic E-state index is 11.7. The van der Waals surface area contributed by atoms with Gasteiger partial charge in [0.1, 0.15) is 0 Å². The van der Waals surface area contributed by atoms with Crippen LogP contribution in [-0.2, 0) is 25.5 Å². The third kappa shape index (κ3) is 5.42. The highest BCUT2D eigenvalue weighted by Gasteiger charge is 2.19. The van der Waals surface area contributed by atoms with Crippen LogP contribution in [0.1, 0.15) is 49.3 Å². The van der Waals surface area contributed by atoms with Gasteiger partial charge >= 0.3 is 11.9 Å². The molecule has 0 bridgehead atoms. The van der Waals surface area contributed by atoms with Crippen LogP contribution in [0, 0.1) is 0 Å². The number of carbonyl (C=O) groups excluding carboxylic acids is 2. The molecule has 0 aromatic carbocycles. The molecule has 19 heavy (non-hydrogen) atoms. The number of hydrogen-bond acceptors (Lipinski definition) is 5. The van der Waals surface area contributed by atoms with E-state index in [0.717, 1.165) is 24.1 Å². The minimum absolute atomic E-state index is 0.313. The van der Waals surface area contributed by atoms with Crippen LogP contribution in [-0.4, -0.2) is 18.7 Å². The van der Waals surface area contributed by atoms with Crippen molar-refractivity contribution in [3.63, 3.8) is 0 Å². The molecule has 0 radical (unpaired) electrons. The maximum Gasteiger partial charge on any atom is 0.316 e. The second-order valence-electron chi connectivity index (χ2n) is 4.35. The van der Waals surface area contributed by atoms with Gasteiger partial charge in [-0.05, 0) is 31.9 Å². The molecule has 0 aliphatic heterocycles. The second-order valence-corrected chi connectivity index (χ2v) is 5.55. The summed E-state index contributed by atoms with van der Waals surface area (Å²) in [4.78, 5) is 24.6. The number of esters is 2. The Hall–Kier alpha value is -1.36. The Morgan fingerprint density at radius 3 is 2.68 bits per heavy atom. The molecule has 0 amide bonds. The van der Waals surface area contributed by atoms with Gasteiger partial charge in [0.05, 0.1) is 5.92 Å². The summed E-state index contributed by atoms with van der Waals surface area (Å²) in [5.74, 6) is -1.15. The number of ether oxygens (including phenoxy) is 2. The lowest BCUT2D eigenvalue weighted by molar-refractivity contribution is -0.166. The van der Waals surface area contributed by atoms with Gasteiger partial charge in [0.2, 0.25) is 6.79 Å². The van der Waals surface area contributed by atoms with Crippen molar-refractivity contribution in [1.82, 2.24) is 0 Å². The van der Waals surface area contributed by atoms with Gasteiger partial charge in [0.25, 0.3) is 0 Å². The van der Waals surface area contributed by atoms with Crippen molar-refractivity contribution in [1.29, 1.82) is 0 Å². The molecule has 106 valence electrons. The SMILES string of the molecule is CCCCc1ccc(C(C)C(=O)OCOC(C)=O)s1. The van der Waals surface area contributed by atoms with Gasteiger partial charge in [-0.25, -0.2) is 0 Å². The molecule has 0 saturated carbocycles. The molecule has 1 unspecified atom stereocenters. The minimum Gasteiger partial charge on any atom is -0.428 e. The summed E-state index contributed by atoms with van der Waals surface area (Å²) in [5.41, 5.74) is 0. The third-order valence-corrected chi connectivity index (χ3v) is 4.03. The first kappa shape index (κ1) is 15.7. The summed E-state index contributed by atoms with van der Waals surface area (Å²) in [5, 5.41) is 0. The molecule has 4 nitrogen and oxygen atoms in total. The number of hydrogen-bond donors (Lipinski definition) is 0. The lowest BCUT2D eigenvalue weighted by Crippen LogP contribution is -2.15. The summed E-state index contributed by atoms with van der Waals surface area (Å²) < 4.78 is 9.46. The highest BCUT2D eigenvalue weighted by atomic mass is 32.1. The summed E-state index contributed by atoms with van der Waals surface area (Å²) >= 11 is 1.64. The minimum atomic E-state index is -0.460. The Morgan fingerprint density at radius 1 is 1.32 bits per heavy atom. The highest BCUT2D eigenvalue weighted by Crippen LogP contribution is 2.26. The molecule has 0 saturated heterocycles. The normalized spacial score (nSPS) is 11.9. The summed E-state index contributed by atoms with van der Waals surface area (Å²) in [6.07, 6.45) is 3.37.